The van der Waals surface area contributed by atoms with Gasteiger partial charge in [-0.3, -0.25) is 0 Å². The first kappa shape index (κ1) is 16.1. The van der Waals surface area contributed by atoms with Gasteiger partial charge in [0.25, 0.3) is 0 Å². The lowest BCUT2D eigenvalue weighted by Gasteiger charge is -2.19. The van der Waals surface area contributed by atoms with Gasteiger partial charge in [-0.2, -0.15) is 11.3 Å². The molecule has 2 rings (SSSR count). The van der Waals surface area contributed by atoms with Crippen LogP contribution in [0.1, 0.15) is 49.2 Å². The van der Waals surface area contributed by atoms with Gasteiger partial charge in [0.2, 0.25) is 0 Å². The van der Waals surface area contributed by atoms with E-state index in [-0.39, 0.29) is 0 Å². The van der Waals surface area contributed by atoms with Crippen molar-refractivity contribution in [1.29, 1.82) is 0 Å². The van der Waals surface area contributed by atoms with E-state index < -0.39 is 0 Å². The maximum absolute atomic E-state index is 4.75. The highest BCUT2D eigenvalue weighted by Crippen LogP contribution is 2.27. The van der Waals surface area contributed by atoms with E-state index in [2.05, 4.69) is 57.6 Å². The molecule has 0 spiro atoms. The molecule has 2 heterocycles. The Morgan fingerprint density at radius 1 is 1.05 bits per heavy atom. The molecule has 0 saturated heterocycles. The van der Waals surface area contributed by atoms with E-state index in [1.165, 1.54) is 11.1 Å². The fourth-order valence-electron chi connectivity index (χ4n) is 2.66. The Bertz CT molecular complexity index is 593. The third-order valence-electron chi connectivity index (χ3n) is 3.75. The number of nitrogens with zero attached hydrogens (tertiary/aromatic N) is 2. The molecule has 0 aliphatic carbocycles. The third-order valence-corrected chi connectivity index (χ3v) is 4.61. The van der Waals surface area contributed by atoms with Gasteiger partial charge in [0.15, 0.2) is 5.82 Å². The molecule has 0 aromatic carbocycles. The van der Waals surface area contributed by atoms with Crippen molar-refractivity contribution in [3.63, 3.8) is 0 Å². The maximum atomic E-state index is 4.75. The second-order valence-electron chi connectivity index (χ2n) is 6.06. The van der Waals surface area contributed by atoms with E-state index >= 15 is 0 Å². The van der Waals surface area contributed by atoms with Crippen LogP contribution in [-0.4, -0.2) is 22.6 Å². The molecule has 21 heavy (non-hydrogen) atoms. The summed E-state index contributed by atoms with van der Waals surface area (Å²) < 4.78 is 0. The van der Waals surface area contributed by atoms with Crippen LogP contribution in [0.25, 0.3) is 11.4 Å². The summed E-state index contributed by atoms with van der Waals surface area (Å²) in [6.07, 6.45) is 0. The molecule has 1 unspecified atom stereocenters. The summed E-state index contributed by atoms with van der Waals surface area (Å²) >= 11 is 1.70. The molecular weight excluding hydrogens is 278 g/mol. The van der Waals surface area contributed by atoms with Crippen LogP contribution in [-0.2, 0) is 0 Å². The monoisotopic (exact) mass is 303 g/mol. The van der Waals surface area contributed by atoms with Crippen molar-refractivity contribution >= 4 is 11.3 Å². The summed E-state index contributed by atoms with van der Waals surface area (Å²) in [5.74, 6) is 1.28. The number of aromatic nitrogens is 2. The van der Waals surface area contributed by atoms with Crippen molar-refractivity contribution in [2.24, 2.45) is 0 Å². The molecule has 0 amide bonds. The van der Waals surface area contributed by atoms with Gasteiger partial charge in [-0.25, -0.2) is 9.97 Å². The Labute approximate surface area is 131 Å². The molecular formula is C17H25N3S. The minimum Gasteiger partial charge on any atom is -0.314 e. The fraction of sp³-hybridized carbons (Fsp3) is 0.529. The van der Waals surface area contributed by atoms with Crippen LogP contribution in [0.4, 0.5) is 0 Å². The van der Waals surface area contributed by atoms with Crippen molar-refractivity contribution < 1.29 is 0 Å². The van der Waals surface area contributed by atoms with E-state index in [0.717, 1.165) is 29.3 Å². The zero-order chi connectivity index (χ0) is 15.6. The standard InChI is InChI=1S/C17H25N3S/c1-10(2)18-7-11(3)16-13(5)19-17(20-14(16)6)15-9-21-8-12(15)4/h8-11,18H,7H2,1-6H3. The summed E-state index contributed by atoms with van der Waals surface area (Å²) in [7, 11) is 0. The van der Waals surface area contributed by atoms with Crippen LogP contribution in [0.15, 0.2) is 10.8 Å². The zero-order valence-electron chi connectivity index (χ0n) is 13.8. The van der Waals surface area contributed by atoms with Gasteiger partial charge in [0.1, 0.15) is 0 Å². The van der Waals surface area contributed by atoms with E-state index in [9.17, 15) is 0 Å². The van der Waals surface area contributed by atoms with Crippen LogP contribution in [0.5, 0.6) is 0 Å². The first-order valence-corrected chi connectivity index (χ1v) is 8.46. The summed E-state index contributed by atoms with van der Waals surface area (Å²) in [6.45, 7) is 13.9. The van der Waals surface area contributed by atoms with Crippen molar-refractivity contribution in [2.75, 3.05) is 6.54 Å². The summed E-state index contributed by atoms with van der Waals surface area (Å²) in [4.78, 5) is 9.51. The number of thiophene rings is 1. The van der Waals surface area contributed by atoms with Gasteiger partial charge < -0.3 is 5.32 Å². The topological polar surface area (TPSA) is 37.8 Å². The fourth-order valence-corrected chi connectivity index (χ4v) is 3.49. The molecule has 0 fully saturated rings. The molecule has 0 radical (unpaired) electrons. The van der Waals surface area contributed by atoms with E-state index in [4.69, 9.17) is 9.97 Å². The van der Waals surface area contributed by atoms with E-state index in [0.29, 0.717) is 12.0 Å². The second-order valence-corrected chi connectivity index (χ2v) is 6.81. The van der Waals surface area contributed by atoms with Crippen molar-refractivity contribution in [2.45, 2.75) is 53.5 Å². The van der Waals surface area contributed by atoms with Gasteiger partial charge in [-0.15, -0.1) is 0 Å². The predicted molar refractivity (Wildman–Crippen MR) is 91.1 cm³/mol. The molecule has 1 atom stereocenters. The molecule has 2 aromatic rings. The number of rotatable bonds is 5. The van der Waals surface area contributed by atoms with Crippen LogP contribution >= 0.6 is 11.3 Å². The molecule has 114 valence electrons. The van der Waals surface area contributed by atoms with Crippen molar-refractivity contribution in [3.8, 4) is 11.4 Å². The van der Waals surface area contributed by atoms with Crippen molar-refractivity contribution in [3.05, 3.63) is 33.3 Å². The van der Waals surface area contributed by atoms with Crippen LogP contribution < -0.4 is 5.32 Å². The Balaban J connectivity index is 2.31. The minimum atomic E-state index is 0.421. The van der Waals surface area contributed by atoms with E-state index in [1.807, 2.05) is 0 Å². The Morgan fingerprint density at radius 2 is 1.67 bits per heavy atom. The van der Waals surface area contributed by atoms with Crippen LogP contribution in [0.2, 0.25) is 0 Å². The maximum Gasteiger partial charge on any atom is 0.160 e. The predicted octanol–water partition coefficient (Wildman–Crippen LogP) is 4.23. The minimum absolute atomic E-state index is 0.421. The Morgan fingerprint density at radius 3 is 2.14 bits per heavy atom. The highest BCUT2D eigenvalue weighted by atomic mass is 32.1. The summed E-state index contributed by atoms with van der Waals surface area (Å²) in [5, 5.41) is 7.77. The molecule has 3 nitrogen and oxygen atoms in total. The number of hydrogen-bond acceptors (Lipinski definition) is 4. The van der Waals surface area contributed by atoms with Gasteiger partial charge in [-0.05, 0) is 43.2 Å². The summed E-state index contributed by atoms with van der Waals surface area (Å²) in [6, 6.07) is 0.502. The zero-order valence-corrected chi connectivity index (χ0v) is 14.6. The van der Waals surface area contributed by atoms with Gasteiger partial charge >= 0.3 is 0 Å². The largest absolute Gasteiger partial charge is 0.314 e. The highest BCUT2D eigenvalue weighted by Gasteiger charge is 2.17. The molecule has 4 heteroatoms. The second kappa shape index (κ2) is 6.67. The van der Waals surface area contributed by atoms with Crippen LogP contribution in [0.3, 0.4) is 0 Å². The van der Waals surface area contributed by atoms with Crippen molar-refractivity contribution in [1.82, 2.24) is 15.3 Å². The first-order valence-electron chi connectivity index (χ1n) is 7.51. The average molecular weight is 303 g/mol. The molecule has 0 saturated carbocycles. The lowest BCUT2D eigenvalue weighted by atomic mass is 9.97. The quantitative estimate of drug-likeness (QED) is 0.898. The normalized spacial score (nSPS) is 12.9. The smallest absolute Gasteiger partial charge is 0.160 e. The summed E-state index contributed by atoms with van der Waals surface area (Å²) in [5.41, 5.74) is 5.88. The first-order chi connectivity index (χ1) is 9.90. The molecule has 0 aliphatic rings. The lowest BCUT2D eigenvalue weighted by molar-refractivity contribution is 0.544. The number of nitrogens with one attached hydrogen (secondary N) is 1. The molecule has 0 bridgehead atoms. The Hall–Kier alpha value is -1.26. The average Bonchev–Trinajstić information content (AvgIpc) is 2.81. The third kappa shape index (κ3) is 3.69. The molecule has 2 aromatic heterocycles. The van der Waals surface area contributed by atoms with Gasteiger partial charge in [0, 0.05) is 34.9 Å². The number of hydrogen-bond donors (Lipinski definition) is 1. The van der Waals surface area contributed by atoms with E-state index in [1.54, 1.807) is 11.3 Å². The molecule has 0 aliphatic heterocycles. The van der Waals surface area contributed by atoms with Gasteiger partial charge in [0.05, 0.1) is 0 Å². The lowest BCUT2D eigenvalue weighted by Crippen LogP contribution is -2.27. The highest BCUT2D eigenvalue weighted by molar-refractivity contribution is 7.08. The van der Waals surface area contributed by atoms with Crippen LogP contribution in [0, 0.1) is 20.8 Å². The SMILES string of the molecule is Cc1cscc1-c1nc(C)c(C(C)CNC(C)C)c(C)n1. The Kier molecular flexibility index (Phi) is 5.12. The number of aryl methyl sites for hydroxylation is 3. The molecule has 1 N–H and O–H groups in total. The van der Waals surface area contributed by atoms with Gasteiger partial charge in [-0.1, -0.05) is 20.8 Å².